The van der Waals surface area contributed by atoms with Crippen LogP contribution in [0.2, 0.25) is 0 Å². The number of aromatic nitrogens is 2. The van der Waals surface area contributed by atoms with Gasteiger partial charge >= 0.3 is 0 Å². The Morgan fingerprint density at radius 1 is 0.162 bits per heavy atom. The molecule has 0 amide bonds. The Balaban J connectivity index is 1.01. The fraction of sp³-hybridized carbons (Fsp3) is 0. The number of nitrogens with zero attached hydrogens (tertiary/aromatic N) is 2. The third kappa shape index (κ3) is 6.90. The molecule has 0 atom stereocenters. The molecule has 2 nitrogen and oxygen atoms in total. The van der Waals surface area contributed by atoms with Crippen molar-refractivity contribution in [3.63, 3.8) is 0 Å². The van der Waals surface area contributed by atoms with Crippen molar-refractivity contribution in [2.75, 3.05) is 0 Å². The van der Waals surface area contributed by atoms with Crippen molar-refractivity contribution in [3.05, 3.63) is 267 Å². The molecule has 0 N–H and O–H groups in total. The Morgan fingerprint density at radius 2 is 0.456 bits per heavy atom. The first-order chi connectivity index (χ1) is 33.7. The van der Waals surface area contributed by atoms with E-state index in [0.717, 1.165) is 33.6 Å². The van der Waals surface area contributed by atoms with Crippen LogP contribution in [0.5, 0.6) is 0 Å². The highest BCUT2D eigenvalue weighted by atomic mass is 15.0. The maximum atomic E-state index is 2.44. The summed E-state index contributed by atoms with van der Waals surface area (Å²) in [6, 6.07) is 97.6. The Hall–Kier alpha value is -8.98. The van der Waals surface area contributed by atoms with Crippen LogP contribution in [-0.4, -0.2) is 9.13 Å². The molecule has 2 heterocycles. The summed E-state index contributed by atoms with van der Waals surface area (Å²) < 4.78 is 4.88. The van der Waals surface area contributed by atoms with Gasteiger partial charge < -0.3 is 9.13 Å². The minimum absolute atomic E-state index is 1.14. The Bertz CT molecular complexity index is 3790. The number of hydrogen-bond donors (Lipinski definition) is 0. The molecule has 13 rings (SSSR count). The Morgan fingerprint density at radius 3 is 0.882 bits per heavy atom. The van der Waals surface area contributed by atoms with E-state index in [4.69, 9.17) is 0 Å². The van der Waals surface area contributed by atoms with E-state index in [-0.39, 0.29) is 0 Å². The smallest absolute Gasteiger partial charge is 0.0547 e. The lowest BCUT2D eigenvalue weighted by Crippen LogP contribution is -1.95. The van der Waals surface area contributed by atoms with Gasteiger partial charge in [0.2, 0.25) is 0 Å². The highest BCUT2D eigenvalue weighted by Crippen LogP contribution is 2.41. The second-order valence-electron chi connectivity index (χ2n) is 17.7. The molecule has 11 aromatic carbocycles. The molecule has 0 aliphatic carbocycles. The third-order valence-corrected chi connectivity index (χ3v) is 13.7. The Kier molecular flexibility index (Phi) is 9.54. The van der Waals surface area contributed by atoms with Gasteiger partial charge in [-0.1, -0.05) is 194 Å². The second kappa shape index (κ2) is 16.5. The van der Waals surface area contributed by atoms with Gasteiger partial charge in [-0.25, -0.2) is 0 Å². The highest BCUT2D eigenvalue weighted by Gasteiger charge is 2.18. The molecular weight excluding hydrogens is 821 g/mol. The minimum Gasteiger partial charge on any atom is -0.309 e. The van der Waals surface area contributed by atoms with E-state index in [1.54, 1.807) is 0 Å². The minimum atomic E-state index is 1.14. The average Bonchev–Trinajstić information content (AvgIpc) is 3.94. The predicted molar refractivity (Wildman–Crippen MR) is 288 cm³/mol. The van der Waals surface area contributed by atoms with Crippen LogP contribution in [0.3, 0.4) is 0 Å². The largest absolute Gasteiger partial charge is 0.309 e. The monoisotopic (exact) mass is 864 g/mol. The van der Waals surface area contributed by atoms with Crippen molar-refractivity contribution in [3.8, 4) is 78.1 Å². The number of fused-ring (bicyclic) bond motifs is 6. The van der Waals surface area contributed by atoms with E-state index in [1.807, 2.05) is 0 Å². The van der Waals surface area contributed by atoms with Gasteiger partial charge in [0.1, 0.15) is 0 Å². The SMILES string of the molecule is c1ccc(-c2cccc(-c3cc(-c4ccc5c6ccccc6n(-c6cccc(-c7ccccc7)c6)c5c4)cc(-c4ccc5c6ccccc6n(-c6cccc(-c7ccccc7)c6)c5c4)c3)c2)cc1. The topological polar surface area (TPSA) is 9.86 Å². The summed E-state index contributed by atoms with van der Waals surface area (Å²) in [5, 5.41) is 4.95. The van der Waals surface area contributed by atoms with Gasteiger partial charge in [0.15, 0.2) is 0 Å². The van der Waals surface area contributed by atoms with Crippen molar-refractivity contribution in [1.29, 1.82) is 0 Å². The maximum Gasteiger partial charge on any atom is 0.0547 e. The molecule has 0 radical (unpaired) electrons. The van der Waals surface area contributed by atoms with Crippen LogP contribution < -0.4 is 0 Å². The zero-order valence-corrected chi connectivity index (χ0v) is 37.3. The van der Waals surface area contributed by atoms with Crippen LogP contribution in [-0.2, 0) is 0 Å². The van der Waals surface area contributed by atoms with Crippen molar-refractivity contribution in [2.45, 2.75) is 0 Å². The lowest BCUT2D eigenvalue weighted by molar-refractivity contribution is 1.18. The Labute approximate surface area is 395 Å². The average molecular weight is 865 g/mol. The fourth-order valence-electron chi connectivity index (χ4n) is 10.4. The zero-order chi connectivity index (χ0) is 45.0. The highest BCUT2D eigenvalue weighted by molar-refractivity contribution is 6.12. The molecule has 0 fully saturated rings. The van der Waals surface area contributed by atoms with Crippen molar-refractivity contribution in [2.24, 2.45) is 0 Å². The van der Waals surface area contributed by atoms with Crippen molar-refractivity contribution in [1.82, 2.24) is 9.13 Å². The number of para-hydroxylation sites is 2. The van der Waals surface area contributed by atoms with Crippen LogP contribution in [0.25, 0.3) is 122 Å². The zero-order valence-electron chi connectivity index (χ0n) is 37.3. The standard InChI is InChI=1S/C66H44N2/c1-4-17-45(18-5-1)48-23-14-24-49(37-48)54-38-55(52-33-35-61-59-29-10-12-31-63(59)67(65(61)43-52)57-27-15-25-50(41-57)46-19-6-2-7-20-46)40-56(39-54)53-34-36-62-60-30-11-13-32-64(60)68(66(62)44-53)58-28-16-26-51(42-58)47-21-8-3-9-22-47/h1-44H. The van der Waals surface area contributed by atoms with E-state index in [1.165, 1.54) is 88.1 Å². The van der Waals surface area contributed by atoms with Crippen LogP contribution in [0.4, 0.5) is 0 Å². The van der Waals surface area contributed by atoms with E-state index in [9.17, 15) is 0 Å². The summed E-state index contributed by atoms with van der Waals surface area (Å²) in [5.74, 6) is 0. The van der Waals surface area contributed by atoms with Gasteiger partial charge in [-0.05, 0) is 140 Å². The summed E-state index contributed by atoms with van der Waals surface area (Å²) in [7, 11) is 0. The molecule has 0 unspecified atom stereocenters. The molecule has 68 heavy (non-hydrogen) atoms. The molecule has 318 valence electrons. The summed E-state index contributed by atoms with van der Waals surface area (Å²) >= 11 is 0. The van der Waals surface area contributed by atoms with Gasteiger partial charge in [-0.3, -0.25) is 0 Å². The molecule has 0 aliphatic heterocycles. The van der Waals surface area contributed by atoms with Gasteiger partial charge in [0, 0.05) is 32.9 Å². The van der Waals surface area contributed by atoms with Crippen LogP contribution >= 0.6 is 0 Å². The molecule has 0 spiro atoms. The maximum absolute atomic E-state index is 2.44. The van der Waals surface area contributed by atoms with Crippen molar-refractivity contribution >= 4 is 43.6 Å². The number of benzene rings is 11. The summed E-state index contributed by atoms with van der Waals surface area (Å²) in [6.07, 6.45) is 0. The molecular formula is C66H44N2. The van der Waals surface area contributed by atoms with Gasteiger partial charge in [0.05, 0.1) is 22.1 Å². The first-order valence-electron chi connectivity index (χ1n) is 23.4. The van der Waals surface area contributed by atoms with Crippen LogP contribution in [0.15, 0.2) is 267 Å². The second-order valence-corrected chi connectivity index (χ2v) is 17.7. The predicted octanol–water partition coefficient (Wildman–Crippen LogP) is 17.9. The van der Waals surface area contributed by atoms with Gasteiger partial charge in [-0.2, -0.15) is 0 Å². The molecule has 2 heteroatoms. The van der Waals surface area contributed by atoms with Crippen LogP contribution in [0.1, 0.15) is 0 Å². The molecule has 0 saturated carbocycles. The van der Waals surface area contributed by atoms with Gasteiger partial charge in [0.25, 0.3) is 0 Å². The summed E-state index contributed by atoms with van der Waals surface area (Å²) in [4.78, 5) is 0. The molecule has 0 bridgehead atoms. The van der Waals surface area contributed by atoms with E-state index in [2.05, 4.69) is 276 Å². The molecule has 13 aromatic rings. The third-order valence-electron chi connectivity index (χ3n) is 13.7. The summed E-state index contributed by atoms with van der Waals surface area (Å²) in [5.41, 5.74) is 21.2. The van der Waals surface area contributed by atoms with Crippen molar-refractivity contribution < 1.29 is 0 Å². The lowest BCUT2D eigenvalue weighted by atomic mass is 9.91. The van der Waals surface area contributed by atoms with E-state index < -0.39 is 0 Å². The molecule has 2 aromatic heterocycles. The first kappa shape index (κ1) is 39.4. The fourth-order valence-corrected chi connectivity index (χ4v) is 10.4. The number of hydrogen-bond acceptors (Lipinski definition) is 0. The summed E-state index contributed by atoms with van der Waals surface area (Å²) in [6.45, 7) is 0. The van der Waals surface area contributed by atoms with E-state index >= 15 is 0 Å². The van der Waals surface area contributed by atoms with Crippen LogP contribution in [0, 0.1) is 0 Å². The van der Waals surface area contributed by atoms with E-state index in [0.29, 0.717) is 0 Å². The number of rotatable bonds is 8. The molecule has 0 aliphatic rings. The first-order valence-corrected chi connectivity index (χ1v) is 23.4. The lowest BCUT2D eigenvalue weighted by Gasteiger charge is -2.14. The quantitative estimate of drug-likeness (QED) is 0.144. The normalized spacial score (nSPS) is 11.5. The van der Waals surface area contributed by atoms with Gasteiger partial charge in [-0.15, -0.1) is 0 Å². The molecule has 0 saturated heterocycles.